The van der Waals surface area contributed by atoms with Crippen LogP contribution in [0.2, 0.25) is 0 Å². The van der Waals surface area contributed by atoms with E-state index in [1.165, 1.54) is 4.90 Å². The summed E-state index contributed by atoms with van der Waals surface area (Å²) in [6, 6.07) is 24.2. The van der Waals surface area contributed by atoms with Gasteiger partial charge in [0.15, 0.2) is 0 Å². The number of likely N-dealkylation sites (tertiary alicyclic amines) is 1. The van der Waals surface area contributed by atoms with Gasteiger partial charge < -0.3 is 25.0 Å². The average molecular weight is 586 g/mol. The van der Waals surface area contributed by atoms with Crippen LogP contribution >= 0.6 is 0 Å². The summed E-state index contributed by atoms with van der Waals surface area (Å²) in [7, 11) is 0. The number of nitrogens with zero attached hydrogens (tertiary/aromatic N) is 1. The van der Waals surface area contributed by atoms with Crippen molar-refractivity contribution in [2.45, 2.75) is 70.7 Å². The normalized spacial score (nSPS) is 17.1. The fourth-order valence-electron chi connectivity index (χ4n) is 5.06. The highest BCUT2D eigenvalue weighted by molar-refractivity contribution is 5.94. The molecule has 3 aromatic carbocycles. The zero-order valence-corrected chi connectivity index (χ0v) is 25.0. The molecule has 2 N–H and O–H groups in total. The van der Waals surface area contributed by atoms with Gasteiger partial charge in [-0.05, 0) is 69.4 Å². The number of rotatable bonds is 9. The Morgan fingerprint density at radius 2 is 1.58 bits per heavy atom. The fourth-order valence-corrected chi connectivity index (χ4v) is 5.06. The first-order valence-corrected chi connectivity index (χ1v) is 14.5. The maximum Gasteiger partial charge on any atom is 0.329 e. The topological polar surface area (TPSA) is 114 Å². The predicted octanol–water partition coefficient (Wildman–Crippen LogP) is 5.73. The third-order valence-corrected chi connectivity index (χ3v) is 7.16. The second-order valence-electron chi connectivity index (χ2n) is 11.6. The third-order valence-electron chi connectivity index (χ3n) is 7.16. The van der Waals surface area contributed by atoms with Crippen LogP contribution in [0.4, 0.5) is 10.5 Å². The van der Waals surface area contributed by atoms with Crippen molar-refractivity contribution >= 4 is 29.6 Å². The van der Waals surface area contributed by atoms with E-state index in [1.54, 1.807) is 52.0 Å². The number of nitrogens with one attached hydrogen (secondary N) is 2. The van der Waals surface area contributed by atoms with Crippen molar-refractivity contribution in [1.82, 2.24) is 10.2 Å². The number of anilines is 1. The summed E-state index contributed by atoms with van der Waals surface area (Å²) in [6.45, 7) is 6.97. The lowest BCUT2D eigenvalue weighted by Crippen LogP contribution is -2.48. The van der Waals surface area contributed by atoms with Gasteiger partial charge in [-0.15, -0.1) is 0 Å². The van der Waals surface area contributed by atoms with Gasteiger partial charge in [-0.3, -0.25) is 9.59 Å². The SMILES string of the molecule is CC(C(=O)OCc1ccccc1)c1cccc(NC(=O)NCC(=O)N2[C@@H](c3ccccc3)CC[C@H]2C(=O)OC(C)(C)C)c1. The first kappa shape index (κ1) is 31.3. The van der Waals surface area contributed by atoms with Crippen molar-refractivity contribution in [3.8, 4) is 0 Å². The highest BCUT2D eigenvalue weighted by Crippen LogP contribution is 2.37. The van der Waals surface area contributed by atoms with E-state index in [9.17, 15) is 19.2 Å². The average Bonchev–Trinajstić information content (AvgIpc) is 3.44. The summed E-state index contributed by atoms with van der Waals surface area (Å²) in [6.07, 6.45) is 1.07. The number of ether oxygens (including phenoxy) is 2. The van der Waals surface area contributed by atoms with Crippen molar-refractivity contribution in [3.05, 3.63) is 102 Å². The monoisotopic (exact) mass is 585 g/mol. The van der Waals surface area contributed by atoms with Crippen LogP contribution in [0, 0.1) is 0 Å². The summed E-state index contributed by atoms with van der Waals surface area (Å²) in [5.41, 5.74) is 2.25. The summed E-state index contributed by atoms with van der Waals surface area (Å²) >= 11 is 0. The Morgan fingerprint density at radius 3 is 2.26 bits per heavy atom. The lowest BCUT2D eigenvalue weighted by atomic mass is 10.0. The van der Waals surface area contributed by atoms with Crippen molar-refractivity contribution in [1.29, 1.82) is 0 Å². The van der Waals surface area contributed by atoms with Gasteiger partial charge >= 0.3 is 18.0 Å². The van der Waals surface area contributed by atoms with Gasteiger partial charge in [-0.2, -0.15) is 0 Å². The Balaban J connectivity index is 1.36. The molecule has 9 heteroatoms. The Hall–Kier alpha value is -4.66. The molecule has 0 aliphatic carbocycles. The summed E-state index contributed by atoms with van der Waals surface area (Å²) in [5.74, 6) is -1.78. The number of carbonyl (C=O) groups excluding carboxylic acids is 4. The van der Waals surface area contributed by atoms with Gasteiger partial charge in [-0.1, -0.05) is 72.8 Å². The highest BCUT2D eigenvalue weighted by atomic mass is 16.6. The summed E-state index contributed by atoms with van der Waals surface area (Å²) < 4.78 is 11.1. The van der Waals surface area contributed by atoms with Gasteiger partial charge in [0, 0.05) is 5.69 Å². The van der Waals surface area contributed by atoms with Crippen LogP contribution in [-0.4, -0.2) is 47.0 Å². The van der Waals surface area contributed by atoms with Gasteiger partial charge in [0.05, 0.1) is 18.5 Å². The molecular formula is C34H39N3O6. The molecule has 0 aromatic heterocycles. The minimum Gasteiger partial charge on any atom is -0.460 e. The lowest BCUT2D eigenvalue weighted by molar-refractivity contribution is -0.164. The van der Waals surface area contributed by atoms with E-state index in [2.05, 4.69) is 10.6 Å². The fraction of sp³-hybridized carbons (Fsp3) is 0.353. The van der Waals surface area contributed by atoms with Crippen LogP contribution in [0.25, 0.3) is 0 Å². The first-order valence-electron chi connectivity index (χ1n) is 14.5. The molecule has 3 atom stereocenters. The van der Waals surface area contributed by atoms with E-state index < -0.39 is 29.6 Å². The summed E-state index contributed by atoms with van der Waals surface area (Å²) in [4.78, 5) is 53.5. The third kappa shape index (κ3) is 8.67. The second-order valence-corrected chi connectivity index (χ2v) is 11.6. The quantitative estimate of drug-likeness (QED) is 0.310. The lowest BCUT2D eigenvalue weighted by Gasteiger charge is -2.31. The molecule has 0 radical (unpaired) electrons. The highest BCUT2D eigenvalue weighted by Gasteiger charge is 2.43. The smallest absolute Gasteiger partial charge is 0.329 e. The first-order chi connectivity index (χ1) is 20.5. The standard InChI is InChI=1S/C34H39N3O6/c1-23(31(39)42-22-24-12-7-5-8-13-24)26-16-11-17-27(20-26)36-33(41)35-21-30(38)37-28(25-14-9-6-10-15-25)18-19-29(37)32(40)43-34(2,3)4/h5-17,20,23,28-29H,18-19,21-22H2,1-4H3,(H2,35,36,41)/t23?,28-,29+/m1/s1. The van der Waals surface area contributed by atoms with Crippen LogP contribution in [0.5, 0.6) is 0 Å². The molecule has 1 heterocycles. The molecule has 3 aromatic rings. The molecule has 1 aliphatic rings. The zero-order valence-electron chi connectivity index (χ0n) is 25.0. The van der Waals surface area contributed by atoms with Crippen molar-refractivity contribution in [2.24, 2.45) is 0 Å². The largest absolute Gasteiger partial charge is 0.460 e. The van der Waals surface area contributed by atoms with Gasteiger partial charge in [0.2, 0.25) is 5.91 Å². The minimum atomic E-state index is -0.749. The second kappa shape index (κ2) is 14.0. The van der Waals surface area contributed by atoms with Crippen LogP contribution in [0.1, 0.15) is 69.2 Å². The maximum atomic E-state index is 13.5. The number of urea groups is 1. The molecule has 0 saturated carbocycles. The Bertz CT molecular complexity index is 1420. The molecule has 226 valence electrons. The number of hydrogen-bond donors (Lipinski definition) is 2. The van der Waals surface area contributed by atoms with Gasteiger partial charge in [-0.25, -0.2) is 9.59 Å². The van der Waals surface area contributed by atoms with Crippen LogP contribution < -0.4 is 10.6 Å². The molecule has 1 saturated heterocycles. The number of amides is 3. The molecule has 9 nitrogen and oxygen atoms in total. The van der Waals surface area contributed by atoms with Crippen LogP contribution in [0.3, 0.4) is 0 Å². The van der Waals surface area contributed by atoms with Gasteiger partial charge in [0.1, 0.15) is 18.2 Å². The van der Waals surface area contributed by atoms with Gasteiger partial charge in [0.25, 0.3) is 0 Å². The zero-order chi connectivity index (χ0) is 31.0. The Kier molecular flexibility index (Phi) is 10.2. The van der Waals surface area contributed by atoms with Crippen molar-refractivity contribution in [2.75, 3.05) is 11.9 Å². The molecule has 3 amide bonds. The molecule has 1 fully saturated rings. The predicted molar refractivity (Wildman–Crippen MR) is 163 cm³/mol. The number of benzene rings is 3. The van der Waals surface area contributed by atoms with E-state index in [4.69, 9.17) is 9.47 Å². The van der Waals surface area contributed by atoms with Crippen molar-refractivity contribution < 1.29 is 28.7 Å². The van der Waals surface area contributed by atoms with E-state index in [0.717, 1.165) is 11.1 Å². The molecule has 1 aliphatic heterocycles. The number of hydrogen-bond acceptors (Lipinski definition) is 6. The molecule has 0 bridgehead atoms. The molecule has 1 unspecified atom stereocenters. The summed E-state index contributed by atoms with van der Waals surface area (Å²) in [5, 5.41) is 5.34. The molecule has 4 rings (SSSR count). The molecule has 43 heavy (non-hydrogen) atoms. The molecular weight excluding hydrogens is 546 g/mol. The molecule has 0 spiro atoms. The number of carbonyl (C=O) groups is 4. The van der Waals surface area contributed by atoms with E-state index in [0.29, 0.717) is 24.1 Å². The van der Waals surface area contributed by atoms with E-state index in [1.807, 2.05) is 60.7 Å². The minimum absolute atomic E-state index is 0.176. The Morgan fingerprint density at radius 1 is 0.907 bits per heavy atom. The van der Waals surface area contributed by atoms with Crippen molar-refractivity contribution in [3.63, 3.8) is 0 Å². The maximum absolute atomic E-state index is 13.5. The number of esters is 2. The Labute approximate surface area is 252 Å². The van der Waals surface area contributed by atoms with E-state index >= 15 is 0 Å². The van der Waals surface area contributed by atoms with Crippen LogP contribution in [-0.2, 0) is 30.5 Å². The van der Waals surface area contributed by atoms with E-state index in [-0.39, 0.29) is 31.1 Å². The van der Waals surface area contributed by atoms with Crippen LogP contribution in [0.15, 0.2) is 84.9 Å².